The molecule has 2 heterocycles. The minimum atomic E-state index is -0.576. The summed E-state index contributed by atoms with van der Waals surface area (Å²) in [7, 11) is 0. The van der Waals surface area contributed by atoms with E-state index in [9.17, 15) is 20.2 Å². The summed E-state index contributed by atoms with van der Waals surface area (Å²) in [5.41, 5.74) is -0.410. The summed E-state index contributed by atoms with van der Waals surface area (Å²) < 4.78 is 0. The Morgan fingerprint density at radius 2 is 2.13 bits per heavy atom. The van der Waals surface area contributed by atoms with Crippen LogP contribution in [-0.4, -0.2) is 14.9 Å². The molecule has 0 aliphatic carbocycles. The van der Waals surface area contributed by atoms with Crippen LogP contribution in [0.25, 0.3) is 22.0 Å². The molecule has 7 nitrogen and oxygen atoms in total. The Balaban J connectivity index is 2.26. The van der Waals surface area contributed by atoms with Crippen LogP contribution in [0.5, 0.6) is 0 Å². The van der Waals surface area contributed by atoms with E-state index in [1.165, 1.54) is 29.5 Å². The lowest BCUT2D eigenvalue weighted by molar-refractivity contribution is -0.384. The highest BCUT2D eigenvalue weighted by molar-refractivity contribution is 7.13. The number of H-pyrrole nitrogens is 1. The average molecular weight is 324 g/mol. The van der Waals surface area contributed by atoms with Gasteiger partial charge in [-0.25, -0.2) is 4.98 Å². The predicted molar refractivity (Wildman–Crippen MR) is 85.0 cm³/mol. The zero-order valence-electron chi connectivity index (χ0n) is 11.5. The van der Waals surface area contributed by atoms with E-state index < -0.39 is 10.5 Å². The molecule has 3 aromatic rings. The molecule has 0 unspecified atom stereocenters. The average Bonchev–Trinajstić information content (AvgIpc) is 3.08. The Bertz CT molecular complexity index is 987. The molecule has 0 saturated carbocycles. The van der Waals surface area contributed by atoms with Gasteiger partial charge in [-0.2, -0.15) is 5.26 Å². The predicted octanol–water partition coefficient (Wildman–Crippen LogP) is 2.95. The Labute approximate surface area is 133 Å². The number of rotatable bonds is 3. The number of nitro groups is 1. The number of aromatic amines is 1. The van der Waals surface area contributed by atoms with E-state index in [0.717, 1.165) is 4.88 Å². The number of hydrogen-bond donors (Lipinski definition) is 1. The van der Waals surface area contributed by atoms with Gasteiger partial charge in [0.15, 0.2) is 5.82 Å². The Hall–Kier alpha value is -3.31. The van der Waals surface area contributed by atoms with E-state index in [1.807, 2.05) is 17.5 Å². The first-order chi connectivity index (χ1) is 11.1. The first-order valence-electron chi connectivity index (χ1n) is 6.43. The molecule has 0 radical (unpaired) electrons. The van der Waals surface area contributed by atoms with Gasteiger partial charge in [0.05, 0.1) is 15.5 Å². The molecular weight excluding hydrogens is 316 g/mol. The van der Waals surface area contributed by atoms with Gasteiger partial charge in [0.1, 0.15) is 11.6 Å². The fraction of sp³-hybridized carbons (Fsp3) is 0. The zero-order valence-corrected chi connectivity index (χ0v) is 12.3. The largest absolute Gasteiger partial charge is 0.305 e. The third kappa shape index (κ3) is 2.73. The van der Waals surface area contributed by atoms with Crippen LogP contribution in [0, 0.1) is 21.4 Å². The molecule has 0 aliphatic heterocycles. The minimum Gasteiger partial charge on any atom is -0.305 e. The smallest absolute Gasteiger partial charge is 0.270 e. The molecule has 0 aliphatic rings. The Kier molecular flexibility index (Phi) is 3.70. The van der Waals surface area contributed by atoms with Gasteiger partial charge in [-0.15, -0.1) is 11.3 Å². The molecule has 0 fully saturated rings. The molecule has 112 valence electrons. The van der Waals surface area contributed by atoms with Crippen LogP contribution in [0.3, 0.4) is 0 Å². The van der Waals surface area contributed by atoms with Crippen molar-refractivity contribution in [2.75, 3.05) is 0 Å². The van der Waals surface area contributed by atoms with Crippen molar-refractivity contribution in [1.29, 1.82) is 5.26 Å². The standard InChI is InChI=1S/C15H8N4O3S/c16-8-11-13(9-3-1-4-10(7-9)19(21)22)17-14(18-15(11)20)12-5-2-6-23-12/h1-7H,(H,17,18,20). The van der Waals surface area contributed by atoms with Crippen molar-refractivity contribution in [3.05, 3.63) is 67.8 Å². The summed E-state index contributed by atoms with van der Waals surface area (Å²) in [5, 5.41) is 22.0. The summed E-state index contributed by atoms with van der Waals surface area (Å²) >= 11 is 1.39. The molecule has 0 atom stereocenters. The molecule has 3 rings (SSSR count). The third-order valence-corrected chi connectivity index (χ3v) is 3.99. The highest BCUT2D eigenvalue weighted by atomic mass is 32.1. The van der Waals surface area contributed by atoms with Crippen LogP contribution < -0.4 is 5.56 Å². The van der Waals surface area contributed by atoms with Crippen molar-refractivity contribution in [1.82, 2.24) is 9.97 Å². The fourth-order valence-corrected chi connectivity index (χ4v) is 2.75. The summed E-state index contributed by atoms with van der Waals surface area (Å²) in [4.78, 5) is 30.1. The summed E-state index contributed by atoms with van der Waals surface area (Å²) in [6.45, 7) is 0. The van der Waals surface area contributed by atoms with Crippen molar-refractivity contribution < 1.29 is 4.92 Å². The number of nitrogens with zero attached hydrogens (tertiary/aromatic N) is 3. The quantitative estimate of drug-likeness (QED) is 0.588. The van der Waals surface area contributed by atoms with Crippen molar-refractivity contribution in [2.45, 2.75) is 0 Å². The molecule has 0 bridgehead atoms. The van der Waals surface area contributed by atoms with E-state index in [1.54, 1.807) is 12.1 Å². The number of benzene rings is 1. The number of hydrogen-bond acceptors (Lipinski definition) is 6. The molecule has 8 heteroatoms. The topological polar surface area (TPSA) is 113 Å². The van der Waals surface area contributed by atoms with Crippen molar-refractivity contribution in [3.63, 3.8) is 0 Å². The van der Waals surface area contributed by atoms with E-state index in [2.05, 4.69) is 9.97 Å². The summed E-state index contributed by atoms with van der Waals surface area (Å²) in [6.07, 6.45) is 0. The monoisotopic (exact) mass is 324 g/mol. The lowest BCUT2D eigenvalue weighted by Crippen LogP contribution is -2.14. The zero-order chi connectivity index (χ0) is 16.4. The molecule has 0 saturated heterocycles. The van der Waals surface area contributed by atoms with Crippen molar-refractivity contribution in [2.24, 2.45) is 0 Å². The number of thiophene rings is 1. The van der Waals surface area contributed by atoms with Crippen LogP contribution in [0.15, 0.2) is 46.6 Å². The van der Waals surface area contributed by atoms with Gasteiger partial charge in [-0.3, -0.25) is 14.9 Å². The lowest BCUT2D eigenvalue weighted by Gasteiger charge is -2.05. The van der Waals surface area contributed by atoms with Gasteiger partial charge in [0, 0.05) is 17.7 Å². The van der Waals surface area contributed by atoms with Gasteiger partial charge in [0.2, 0.25) is 0 Å². The normalized spacial score (nSPS) is 10.2. The fourth-order valence-electron chi connectivity index (χ4n) is 2.08. The first kappa shape index (κ1) is 14.6. The van der Waals surface area contributed by atoms with E-state index in [4.69, 9.17) is 0 Å². The van der Waals surface area contributed by atoms with E-state index >= 15 is 0 Å². The SMILES string of the molecule is N#Cc1c(-c2cccc([N+](=O)[O-])c2)nc(-c2cccs2)[nH]c1=O. The highest BCUT2D eigenvalue weighted by Gasteiger charge is 2.16. The van der Waals surface area contributed by atoms with Gasteiger partial charge in [-0.1, -0.05) is 18.2 Å². The summed E-state index contributed by atoms with van der Waals surface area (Å²) in [6, 6.07) is 11.1. The van der Waals surface area contributed by atoms with E-state index in [-0.39, 0.29) is 16.9 Å². The number of aromatic nitrogens is 2. The Morgan fingerprint density at radius 1 is 1.30 bits per heavy atom. The number of nitro benzene ring substituents is 1. The third-order valence-electron chi connectivity index (χ3n) is 3.12. The van der Waals surface area contributed by atoms with Gasteiger partial charge < -0.3 is 4.98 Å². The second-order valence-corrected chi connectivity index (χ2v) is 5.48. The van der Waals surface area contributed by atoms with Crippen LogP contribution >= 0.6 is 11.3 Å². The molecule has 0 spiro atoms. The highest BCUT2D eigenvalue weighted by Crippen LogP contribution is 2.27. The second-order valence-electron chi connectivity index (χ2n) is 4.53. The maximum absolute atomic E-state index is 12.1. The molecule has 23 heavy (non-hydrogen) atoms. The van der Waals surface area contributed by atoms with Gasteiger partial charge in [0.25, 0.3) is 11.2 Å². The minimum absolute atomic E-state index is 0.128. The van der Waals surface area contributed by atoms with Gasteiger partial charge in [-0.05, 0) is 11.4 Å². The lowest BCUT2D eigenvalue weighted by atomic mass is 10.1. The molecule has 0 amide bonds. The van der Waals surface area contributed by atoms with E-state index in [0.29, 0.717) is 11.4 Å². The van der Waals surface area contributed by atoms with Crippen LogP contribution in [0.1, 0.15) is 5.56 Å². The van der Waals surface area contributed by atoms with Crippen molar-refractivity contribution >= 4 is 17.0 Å². The molecular formula is C15H8N4O3S. The molecule has 2 aromatic heterocycles. The van der Waals surface area contributed by atoms with Crippen LogP contribution in [-0.2, 0) is 0 Å². The maximum atomic E-state index is 12.1. The molecule has 1 aromatic carbocycles. The van der Waals surface area contributed by atoms with Crippen LogP contribution in [0.2, 0.25) is 0 Å². The van der Waals surface area contributed by atoms with Crippen molar-refractivity contribution in [3.8, 4) is 28.0 Å². The number of nitrogens with one attached hydrogen (secondary N) is 1. The summed E-state index contributed by atoms with van der Waals surface area (Å²) in [5.74, 6) is 0.325. The number of nitriles is 1. The first-order valence-corrected chi connectivity index (χ1v) is 7.31. The van der Waals surface area contributed by atoms with Gasteiger partial charge >= 0.3 is 0 Å². The Morgan fingerprint density at radius 3 is 2.78 bits per heavy atom. The second kappa shape index (κ2) is 5.82. The molecule has 1 N–H and O–H groups in total. The van der Waals surface area contributed by atoms with Crippen LogP contribution in [0.4, 0.5) is 5.69 Å². The number of non-ortho nitro benzene ring substituents is 1. The maximum Gasteiger partial charge on any atom is 0.270 e.